The average Bonchev–Trinajstić information content (AvgIpc) is 2.34. The number of aryl methyl sites for hydroxylation is 1. The van der Waals surface area contributed by atoms with E-state index in [2.05, 4.69) is 0 Å². The molecule has 0 bridgehead atoms. The van der Waals surface area contributed by atoms with E-state index in [-0.39, 0.29) is 0 Å². The molecule has 0 unspecified atom stereocenters. The van der Waals surface area contributed by atoms with Crippen molar-refractivity contribution >= 4 is 5.97 Å². The Morgan fingerprint density at radius 1 is 1.00 bits per heavy atom. The maximum absolute atomic E-state index is 10.7. The molecule has 0 fully saturated rings. The molecule has 0 aliphatic heterocycles. The van der Waals surface area contributed by atoms with Gasteiger partial charge in [0.15, 0.2) is 0 Å². The Balaban J connectivity index is 2.21. The molecule has 0 saturated carbocycles. The van der Waals surface area contributed by atoms with Crippen molar-refractivity contribution in [2.75, 3.05) is 6.54 Å². The third kappa shape index (κ3) is 5.50. The number of hydrogen-bond donors (Lipinski definition) is 2. The van der Waals surface area contributed by atoms with Crippen LogP contribution in [0.25, 0.3) is 0 Å². The molecule has 0 aliphatic rings. The Hall–Kier alpha value is -1.35. The van der Waals surface area contributed by atoms with Crippen LogP contribution in [0.15, 0.2) is 24.3 Å². The maximum Gasteiger partial charge on any atom is 0.335 e. The van der Waals surface area contributed by atoms with Crippen LogP contribution in [-0.4, -0.2) is 17.6 Å². The first-order valence-electron chi connectivity index (χ1n) is 6.26. The molecule has 94 valence electrons. The molecule has 0 saturated heterocycles. The van der Waals surface area contributed by atoms with E-state index < -0.39 is 5.97 Å². The average molecular weight is 235 g/mol. The van der Waals surface area contributed by atoms with Gasteiger partial charge in [0.2, 0.25) is 0 Å². The minimum Gasteiger partial charge on any atom is -0.478 e. The van der Waals surface area contributed by atoms with E-state index >= 15 is 0 Å². The van der Waals surface area contributed by atoms with Crippen LogP contribution < -0.4 is 5.73 Å². The molecule has 0 radical (unpaired) electrons. The first-order chi connectivity index (χ1) is 8.24. The molecule has 1 aromatic carbocycles. The van der Waals surface area contributed by atoms with Gasteiger partial charge in [-0.15, -0.1) is 0 Å². The van der Waals surface area contributed by atoms with Crippen molar-refractivity contribution in [2.45, 2.75) is 38.5 Å². The first kappa shape index (κ1) is 13.7. The molecule has 1 aromatic rings. The van der Waals surface area contributed by atoms with Crippen molar-refractivity contribution in [1.29, 1.82) is 0 Å². The monoisotopic (exact) mass is 235 g/mol. The fraction of sp³-hybridized carbons (Fsp3) is 0.500. The van der Waals surface area contributed by atoms with Gasteiger partial charge in [-0.05, 0) is 43.5 Å². The van der Waals surface area contributed by atoms with E-state index in [9.17, 15) is 4.79 Å². The largest absolute Gasteiger partial charge is 0.478 e. The van der Waals surface area contributed by atoms with E-state index in [0.717, 1.165) is 25.8 Å². The lowest BCUT2D eigenvalue weighted by Crippen LogP contribution is -1.98. The number of hydrogen-bond acceptors (Lipinski definition) is 2. The fourth-order valence-electron chi connectivity index (χ4n) is 1.82. The van der Waals surface area contributed by atoms with Gasteiger partial charge in [-0.2, -0.15) is 0 Å². The minimum atomic E-state index is -0.863. The SMILES string of the molecule is NCCCCCCCc1ccc(C(=O)O)cc1. The number of nitrogens with two attached hydrogens (primary N) is 1. The number of aromatic carboxylic acids is 1. The van der Waals surface area contributed by atoms with Crippen molar-refractivity contribution in [3.63, 3.8) is 0 Å². The van der Waals surface area contributed by atoms with Crippen LogP contribution in [0.3, 0.4) is 0 Å². The Morgan fingerprint density at radius 3 is 2.18 bits per heavy atom. The Bertz CT molecular complexity index is 333. The van der Waals surface area contributed by atoms with Gasteiger partial charge >= 0.3 is 5.97 Å². The number of carboxylic acids is 1. The Labute approximate surface area is 103 Å². The van der Waals surface area contributed by atoms with Crippen LogP contribution in [0.1, 0.15) is 48.0 Å². The number of carboxylic acid groups (broad SMARTS) is 1. The summed E-state index contributed by atoms with van der Waals surface area (Å²) >= 11 is 0. The highest BCUT2D eigenvalue weighted by Gasteiger charge is 2.01. The van der Waals surface area contributed by atoms with Gasteiger partial charge in [0.25, 0.3) is 0 Å². The summed E-state index contributed by atoms with van der Waals surface area (Å²) in [5, 5.41) is 8.76. The lowest BCUT2D eigenvalue weighted by molar-refractivity contribution is 0.0697. The highest BCUT2D eigenvalue weighted by molar-refractivity contribution is 5.87. The van der Waals surface area contributed by atoms with Gasteiger partial charge in [-0.3, -0.25) is 0 Å². The van der Waals surface area contributed by atoms with E-state index in [0.29, 0.717) is 5.56 Å². The summed E-state index contributed by atoms with van der Waals surface area (Å²) in [4.78, 5) is 10.7. The van der Waals surface area contributed by atoms with Crippen molar-refractivity contribution in [2.24, 2.45) is 5.73 Å². The highest BCUT2D eigenvalue weighted by atomic mass is 16.4. The van der Waals surface area contributed by atoms with Crippen LogP contribution in [-0.2, 0) is 6.42 Å². The fourth-order valence-corrected chi connectivity index (χ4v) is 1.82. The molecule has 3 nitrogen and oxygen atoms in total. The Morgan fingerprint density at radius 2 is 1.59 bits per heavy atom. The normalized spacial score (nSPS) is 10.4. The summed E-state index contributed by atoms with van der Waals surface area (Å²) < 4.78 is 0. The molecule has 0 amide bonds. The first-order valence-corrected chi connectivity index (χ1v) is 6.26. The second-order valence-electron chi connectivity index (χ2n) is 4.31. The molecule has 3 heteroatoms. The Kier molecular flexibility index (Phi) is 6.33. The zero-order valence-electron chi connectivity index (χ0n) is 10.2. The molecular formula is C14H21NO2. The van der Waals surface area contributed by atoms with Crippen molar-refractivity contribution < 1.29 is 9.90 Å². The van der Waals surface area contributed by atoms with Gasteiger partial charge in [0, 0.05) is 0 Å². The quantitative estimate of drug-likeness (QED) is 0.681. The second kappa shape index (κ2) is 7.85. The van der Waals surface area contributed by atoms with Gasteiger partial charge in [-0.25, -0.2) is 4.79 Å². The summed E-state index contributed by atoms with van der Waals surface area (Å²) in [7, 11) is 0. The van der Waals surface area contributed by atoms with Gasteiger partial charge in [0.1, 0.15) is 0 Å². The molecule has 0 aliphatic carbocycles. The summed E-state index contributed by atoms with van der Waals surface area (Å²) in [6.07, 6.45) is 6.99. The molecule has 0 atom stereocenters. The molecule has 3 N–H and O–H groups in total. The molecule has 0 spiro atoms. The topological polar surface area (TPSA) is 63.3 Å². The van der Waals surface area contributed by atoms with E-state index in [1.165, 1.54) is 24.8 Å². The smallest absolute Gasteiger partial charge is 0.335 e. The predicted molar refractivity (Wildman–Crippen MR) is 69.2 cm³/mol. The van der Waals surface area contributed by atoms with Crippen molar-refractivity contribution in [1.82, 2.24) is 0 Å². The third-order valence-electron chi connectivity index (χ3n) is 2.87. The zero-order chi connectivity index (χ0) is 12.5. The van der Waals surface area contributed by atoms with Crippen LogP contribution in [0.5, 0.6) is 0 Å². The van der Waals surface area contributed by atoms with Crippen molar-refractivity contribution in [3.05, 3.63) is 35.4 Å². The van der Waals surface area contributed by atoms with Gasteiger partial charge in [-0.1, -0.05) is 31.4 Å². The second-order valence-corrected chi connectivity index (χ2v) is 4.31. The minimum absolute atomic E-state index is 0.358. The van der Waals surface area contributed by atoms with Crippen LogP contribution in [0, 0.1) is 0 Å². The molecule has 1 rings (SSSR count). The summed E-state index contributed by atoms with van der Waals surface area (Å²) in [6.45, 7) is 0.788. The van der Waals surface area contributed by atoms with Gasteiger partial charge < -0.3 is 10.8 Å². The standard InChI is InChI=1S/C14H21NO2/c15-11-5-3-1-2-4-6-12-7-9-13(10-8-12)14(16)17/h7-10H,1-6,11,15H2,(H,16,17). The molecule has 17 heavy (non-hydrogen) atoms. The maximum atomic E-state index is 10.7. The zero-order valence-corrected chi connectivity index (χ0v) is 10.2. The molecule has 0 heterocycles. The van der Waals surface area contributed by atoms with Crippen LogP contribution >= 0.6 is 0 Å². The highest BCUT2D eigenvalue weighted by Crippen LogP contribution is 2.10. The van der Waals surface area contributed by atoms with E-state index in [1.807, 2.05) is 12.1 Å². The lowest BCUT2D eigenvalue weighted by Gasteiger charge is -2.02. The molecule has 0 aromatic heterocycles. The van der Waals surface area contributed by atoms with Gasteiger partial charge in [0.05, 0.1) is 5.56 Å². The third-order valence-corrected chi connectivity index (χ3v) is 2.87. The summed E-state index contributed by atoms with van der Waals surface area (Å²) in [5.74, 6) is -0.863. The van der Waals surface area contributed by atoms with Crippen LogP contribution in [0.4, 0.5) is 0 Å². The number of benzene rings is 1. The summed E-state index contributed by atoms with van der Waals surface area (Å²) in [6, 6.07) is 7.16. The number of carbonyl (C=O) groups is 1. The van der Waals surface area contributed by atoms with E-state index in [1.54, 1.807) is 12.1 Å². The van der Waals surface area contributed by atoms with Crippen LogP contribution in [0.2, 0.25) is 0 Å². The lowest BCUT2D eigenvalue weighted by atomic mass is 10.0. The molecular weight excluding hydrogens is 214 g/mol. The number of rotatable bonds is 8. The number of unbranched alkanes of at least 4 members (excludes halogenated alkanes) is 4. The van der Waals surface area contributed by atoms with E-state index in [4.69, 9.17) is 10.8 Å². The predicted octanol–water partition coefficient (Wildman–Crippen LogP) is 2.84. The summed E-state index contributed by atoms with van der Waals surface area (Å²) in [5.41, 5.74) is 7.00. The van der Waals surface area contributed by atoms with Crippen molar-refractivity contribution in [3.8, 4) is 0 Å².